The molecule has 0 aromatic heterocycles. The number of nitrogens with one attached hydrogen (secondary N) is 1. The Morgan fingerprint density at radius 1 is 1.16 bits per heavy atom. The zero-order chi connectivity index (χ0) is 18.7. The average Bonchev–Trinajstić information content (AvgIpc) is 2.52. The van der Waals surface area contributed by atoms with Crippen molar-refractivity contribution in [1.29, 1.82) is 0 Å². The number of para-hydroxylation sites is 1. The Bertz CT molecular complexity index is 737. The van der Waals surface area contributed by atoms with Crippen molar-refractivity contribution in [2.75, 3.05) is 5.73 Å². The highest BCUT2D eigenvalue weighted by molar-refractivity contribution is 6.25. The number of benzene rings is 2. The maximum absolute atomic E-state index is 11.7. The first-order chi connectivity index (χ1) is 11.6. The minimum atomic E-state index is -1.72. The number of hydrogen-bond acceptors (Lipinski definition) is 4. The summed E-state index contributed by atoms with van der Waals surface area (Å²) in [5.74, 6) is 0. The Labute approximate surface area is 152 Å². The van der Waals surface area contributed by atoms with Crippen LogP contribution >= 0.6 is 11.6 Å². The number of nitrogen functional groups attached to an aromatic ring is 1. The topological polar surface area (TPSA) is 84.6 Å². The number of ether oxygens (including phenoxy) is 1. The van der Waals surface area contributed by atoms with Crippen LogP contribution in [0.4, 0.5) is 10.5 Å². The second-order valence-corrected chi connectivity index (χ2v) is 7.31. The molecule has 134 valence electrons. The molecule has 0 aliphatic rings. The Morgan fingerprint density at radius 3 is 2.32 bits per heavy atom. The Morgan fingerprint density at radius 2 is 1.76 bits per heavy atom. The third-order valence-electron chi connectivity index (χ3n) is 3.49. The van der Waals surface area contributed by atoms with Gasteiger partial charge in [0.15, 0.2) is 5.06 Å². The first-order valence-electron chi connectivity index (χ1n) is 7.92. The van der Waals surface area contributed by atoms with Gasteiger partial charge in [-0.3, -0.25) is 0 Å². The SMILES string of the molecule is CC(C)(C)OC(=O)NCc1ccc(C(O)(Cl)c2ccccc2N)cc1. The summed E-state index contributed by atoms with van der Waals surface area (Å²) in [6, 6.07) is 13.9. The van der Waals surface area contributed by atoms with E-state index in [1.54, 1.807) is 69.3 Å². The fourth-order valence-corrected chi connectivity index (χ4v) is 2.58. The fraction of sp³-hybridized carbons (Fsp3) is 0.316. The molecule has 0 saturated carbocycles. The van der Waals surface area contributed by atoms with E-state index in [-0.39, 0.29) is 0 Å². The lowest BCUT2D eigenvalue weighted by atomic mass is 9.98. The maximum atomic E-state index is 11.7. The molecule has 1 unspecified atom stereocenters. The molecule has 25 heavy (non-hydrogen) atoms. The molecule has 0 aliphatic heterocycles. The van der Waals surface area contributed by atoms with Crippen LogP contribution in [0.1, 0.15) is 37.5 Å². The zero-order valence-electron chi connectivity index (χ0n) is 14.5. The number of halogens is 1. The second-order valence-electron chi connectivity index (χ2n) is 6.76. The molecule has 5 nitrogen and oxygen atoms in total. The number of hydrogen-bond donors (Lipinski definition) is 3. The summed E-state index contributed by atoms with van der Waals surface area (Å²) in [6.45, 7) is 5.72. The average molecular weight is 363 g/mol. The number of rotatable bonds is 4. The van der Waals surface area contributed by atoms with Crippen LogP contribution in [0.2, 0.25) is 0 Å². The normalized spacial score (nSPS) is 13.8. The van der Waals surface area contributed by atoms with Crippen LogP contribution in [0, 0.1) is 0 Å². The Hall–Kier alpha value is -2.24. The smallest absolute Gasteiger partial charge is 0.407 e. The predicted octanol–water partition coefficient (Wildman–Crippen LogP) is 3.73. The summed E-state index contributed by atoms with van der Waals surface area (Å²) in [7, 11) is 0. The Balaban J connectivity index is 2.07. The largest absolute Gasteiger partial charge is 0.444 e. The van der Waals surface area contributed by atoms with E-state index in [0.29, 0.717) is 23.4 Å². The van der Waals surface area contributed by atoms with Gasteiger partial charge in [-0.1, -0.05) is 54.1 Å². The van der Waals surface area contributed by atoms with Gasteiger partial charge < -0.3 is 20.9 Å². The van der Waals surface area contributed by atoms with Crippen molar-refractivity contribution in [3.63, 3.8) is 0 Å². The van der Waals surface area contributed by atoms with Gasteiger partial charge in [0.05, 0.1) is 0 Å². The number of anilines is 1. The first kappa shape index (κ1) is 19.1. The van der Waals surface area contributed by atoms with Crippen molar-refractivity contribution >= 4 is 23.4 Å². The van der Waals surface area contributed by atoms with Crippen molar-refractivity contribution in [2.24, 2.45) is 0 Å². The van der Waals surface area contributed by atoms with Crippen molar-refractivity contribution < 1.29 is 14.6 Å². The van der Waals surface area contributed by atoms with Gasteiger partial charge in [-0.05, 0) is 32.4 Å². The summed E-state index contributed by atoms with van der Waals surface area (Å²) in [5, 5.41) is 11.6. The summed E-state index contributed by atoms with van der Waals surface area (Å²) < 4.78 is 5.18. The number of alkyl carbamates (subject to hydrolysis) is 1. The lowest BCUT2D eigenvalue weighted by Gasteiger charge is -2.23. The minimum Gasteiger partial charge on any atom is -0.444 e. The van der Waals surface area contributed by atoms with Crippen LogP contribution < -0.4 is 11.1 Å². The molecular formula is C19H23ClN2O3. The Kier molecular flexibility index (Phi) is 5.60. The summed E-state index contributed by atoms with van der Waals surface area (Å²) >= 11 is 6.33. The molecule has 0 spiro atoms. The molecule has 0 bridgehead atoms. The van der Waals surface area contributed by atoms with Crippen molar-refractivity contribution in [3.05, 3.63) is 65.2 Å². The van der Waals surface area contributed by atoms with E-state index >= 15 is 0 Å². The standard InChI is InChI=1S/C19H23ClN2O3/c1-18(2,3)25-17(23)22-12-13-8-10-14(11-9-13)19(20,24)15-6-4-5-7-16(15)21/h4-11,24H,12,21H2,1-3H3,(H,22,23). The van der Waals surface area contributed by atoms with Crippen LogP contribution in [-0.4, -0.2) is 16.8 Å². The molecule has 4 N–H and O–H groups in total. The van der Waals surface area contributed by atoms with E-state index in [2.05, 4.69) is 5.32 Å². The molecule has 0 aliphatic carbocycles. The van der Waals surface area contributed by atoms with E-state index in [0.717, 1.165) is 5.56 Å². The number of nitrogens with two attached hydrogens (primary N) is 1. The van der Waals surface area contributed by atoms with E-state index in [1.165, 1.54) is 0 Å². The van der Waals surface area contributed by atoms with Gasteiger partial charge in [-0.2, -0.15) is 0 Å². The highest BCUT2D eigenvalue weighted by atomic mass is 35.5. The van der Waals surface area contributed by atoms with E-state index in [4.69, 9.17) is 22.1 Å². The fourth-order valence-electron chi connectivity index (χ4n) is 2.29. The molecule has 6 heteroatoms. The summed E-state index contributed by atoms with van der Waals surface area (Å²) in [6.07, 6.45) is -0.484. The maximum Gasteiger partial charge on any atom is 0.407 e. The highest BCUT2D eigenvalue weighted by Crippen LogP contribution is 2.36. The summed E-state index contributed by atoms with van der Waals surface area (Å²) in [4.78, 5) is 11.7. The van der Waals surface area contributed by atoms with Gasteiger partial charge in [0.2, 0.25) is 0 Å². The molecule has 0 saturated heterocycles. The van der Waals surface area contributed by atoms with E-state index in [9.17, 15) is 9.90 Å². The van der Waals surface area contributed by atoms with Crippen molar-refractivity contribution in [2.45, 2.75) is 38.0 Å². The van der Waals surface area contributed by atoms with E-state index in [1.807, 2.05) is 0 Å². The van der Waals surface area contributed by atoms with Crippen molar-refractivity contribution in [3.8, 4) is 0 Å². The van der Waals surface area contributed by atoms with Crippen LogP contribution in [0.3, 0.4) is 0 Å². The van der Waals surface area contributed by atoms with Gasteiger partial charge in [0.1, 0.15) is 5.60 Å². The van der Waals surface area contributed by atoms with Gasteiger partial charge in [0.25, 0.3) is 0 Å². The lowest BCUT2D eigenvalue weighted by molar-refractivity contribution is 0.0523. The van der Waals surface area contributed by atoms with Gasteiger partial charge in [-0.25, -0.2) is 4.79 Å². The van der Waals surface area contributed by atoms with Crippen molar-refractivity contribution in [1.82, 2.24) is 5.32 Å². The number of carbonyl (C=O) groups excluding carboxylic acids is 1. The van der Waals surface area contributed by atoms with Crippen LogP contribution in [0.5, 0.6) is 0 Å². The zero-order valence-corrected chi connectivity index (χ0v) is 15.3. The van der Waals surface area contributed by atoms with Crippen LogP contribution in [0.15, 0.2) is 48.5 Å². The number of carbonyl (C=O) groups is 1. The third-order valence-corrected chi connectivity index (χ3v) is 3.91. The monoisotopic (exact) mass is 362 g/mol. The molecule has 2 rings (SSSR count). The molecule has 1 atom stereocenters. The molecule has 1 amide bonds. The van der Waals surface area contributed by atoms with Gasteiger partial charge in [0, 0.05) is 23.4 Å². The lowest BCUT2D eigenvalue weighted by Crippen LogP contribution is -2.32. The predicted molar refractivity (Wildman–Crippen MR) is 99.2 cm³/mol. The second kappa shape index (κ2) is 7.33. The molecule has 0 heterocycles. The van der Waals surface area contributed by atoms with Crippen LogP contribution in [0.25, 0.3) is 0 Å². The summed E-state index contributed by atoms with van der Waals surface area (Å²) in [5.41, 5.74) is 7.54. The first-order valence-corrected chi connectivity index (χ1v) is 8.30. The third kappa shape index (κ3) is 5.11. The molecule has 0 fully saturated rings. The minimum absolute atomic E-state index is 0.309. The molecule has 2 aromatic rings. The number of amides is 1. The molecular weight excluding hydrogens is 340 g/mol. The quantitative estimate of drug-likeness (QED) is 0.571. The van der Waals surface area contributed by atoms with Gasteiger partial charge >= 0.3 is 6.09 Å². The number of alkyl halides is 1. The molecule has 2 aromatic carbocycles. The van der Waals surface area contributed by atoms with E-state index < -0.39 is 16.8 Å². The van der Waals surface area contributed by atoms with Gasteiger partial charge in [-0.15, -0.1) is 0 Å². The molecule has 0 radical (unpaired) electrons. The number of aliphatic hydroxyl groups is 1. The van der Waals surface area contributed by atoms with Crippen LogP contribution in [-0.2, 0) is 16.3 Å². The highest BCUT2D eigenvalue weighted by Gasteiger charge is 2.30.